The maximum Gasteiger partial charge on any atom is 0.215 e. The second-order valence-electron chi connectivity index (χ2n) is 29.3. The van der Waals surface area contributed by atoms with Gasteiger partial charge in [0.2, 0.25) is 34.2 Å². The van der Waals surface area contributed by atoms with Crippen molar-refractivity contribution >= 4 is 0 Å². The number of hydrogen-bond donors (Lipinski definition) is 0. The van der Waals surface area contributed by atoms with Crippen LogP contribution in [0, 0.1) is 173 Å². The normalized spacial score (nSPS) is 10.7. The van der Waals surface area contributed by atoms with Crippen LogP contribution in [0.3, 0.4) is 0 Å². The number of aromatic nitrogens is 6. The SMILES string of the molecule is Cc1cc(-c2cccc[n+]2C)c(C)c(C)c1C.Cc1cc(C)c(-c2cccc[n+]2C)c(C)c1C.Cc1cc(C)c(-c2cccc[n+]2C)c(C)c1C.Cc1cc(C)c(C)c(-c2cccc[n+]2C)c1C.Cc1ccccc1-c1c(C)c(C)c(C)c(C)[n+]1C.Cc1ccccc1-c1c(C)c(C)c(C)c[n+]1C. The molecule has 12 aromatic rings. The molecule has 103 heavy (non-hydrogen) atoms. The summed E-state index contributed by atoms with van der Waals surface area (Å²) in [6.07, 6.45) is 10.6. The number of hydrogen-bond acceptors (Lipinski definition) is 0. The van der Waals surface area contributed by atoms with Gasteiger partial charge < -0.3 is 0 Å². The first-order valence-corrected chi connectivity index (χ1v) is 36.7. The molecule has 0 aliphatic heterocycles. The van der Waals surface area contributed by atoms with Crippen LogP contribution in [0.25, 0.3) is 67.5 Å². The fraction of sp³-hybridized carbons (Fsp3) is 0.320. The molecule has 0 amide bonds. The third-order valence-corrected chi connectivity index (χ3v) is 22.7. The second kappa shape index (κ2) is 34.9. The molecule has 0 saturated carbocycles. The van der Waals surface area contributed by atoms with Crippen LogP contribution in [0.5, 0.6) is 0 Å². The quantitative estimate of drug-likeness (QED) is 0.148. The summed E-state index contributed by atoms with van der Waals surface area (Å²) in [4.78, 5) is 0. The summed E-state index contributed by atoms with van der Waals surface area (Å²) in [7, 11) is 12.7. The predicted octanol–water partition coefficient (Wildman–Crippen LogP) is 20.8. The van der Waals surface area contributed by atoms with Crippen molar-refractivity contribution in [3.8, 4) is 67.5 Å². The van der Waals surface area contributed by atoms with Gasteiger partial charge in [-0.25, -0.2) is 22.8 Å². The van der Waals surface area contributed by atoms with Gasteiger partial charge in [0, 0.05) is 94.4 Å². The van der Waals surface area contributed by atoms with Crippen molar-refractivity contribution in [3.63, 3.8) is 0 Å². The molecule has 0 bridgehead atoms. The molecule has 6 nitrogen and oxygen atoms in total. The number of rotatable bonds is 6. The molecule has 0 saturated heterocycles. The van der Waals surface area contributed by atoms with Crippen molar-refractivity contribution in [1.82, 2.24) is 0 Å². The Labute approximate surface area is 622 Å². The maximum absolute atomic E-state index is 2.32. The first kappa shape index (κ1) is 80.5. The van der Waals surface area contributed by atoms with Crippen molar-refractivity contribution in [2.24, 2.45) is 42.3 Å². The molecule has 534 valence electrons. The van der Waals surface area contributed by atoms with E-state index in [1.165, 1.54) is 207 Å². The molecule has 0 fully saturated rings. The average molecular weight is 1370 g/mol. The van der Waals surface area contributed by atoms with Gasteiger partial charge in [-0.1, -0.05) is 54.6 Å². The molecule has 12 rings (SSSR count). The highest BCUT2D eigenvalue weighted by molar-refractivity contribution is 5.72. The maximum atomic E-state index is 2.32. The monoisotopic (exact) mass is 1370 g/mol. The Morgan fingerprint density at radius 2 is 0.505 bits per heavy atom. The summed E-state index contributed by atoms with van der Waals surface area (Å²) >= 11 is 0. The standard InChI is InChI=1S/C17H22N.5C16H20N/c1-11-9-7-8-10-16(11)17-14(4)12(2)13(3)15(5)18(17)6;1-11-10-15(14(4)13(3)12(11)2)16-8-6-7-9-17(16)5;2*1-11-10-12(2)16(14(4)13(11)3)15-8-6-7-9-17(15)5;1-11-10-12(2)14(4)16(13(11)3)15-8-6-7-9-17(15)5;1-11-8-6-7-9-15(11)16-14(4)13(3)12(2)10-17(16)5/h7-10H,1-6H3;5*6-10H,1-5H3/q6*+1. The minimum Gasteiger partial charge on any atom is -0.201 e. The Morgan fingerprint density at radius 1 is 0.194 bits per heavy atom. The average Bonchev–Trinajstić information content (AvgIpc) is 0.803. The zero-order chi connectivity index (χ0) is 76.3. The summed E-state index contributed by atoms with van der Waals surface area (Å²) in [5.74, 6) is 0. The van der Waals surface area contributed by atoms with E-state index in [4.69, 9.17) is 0 Å². The van der Waals surface area contributed by atoms with Crippen LogP contribution < -0.4 is 27.4 Å². The van der Waals surface area contributed by atoms with Crippen molar-refractivity contribution in [2.75, 3.05) is 0 Å². The van der Waals surface area contributed by atoms with E-state index >= 15 is 0 Å². The molecule has 0 aliphatic rings. The molecule has 0 radical (unpaired) electrons. The lowest BCUT2D eigenvalue weighted by molar-refractivity contribution is -0.667. The van der Waals surface area contributed by atoms with Crippen LogP contribution in [0.2, 0.25) is 0 Å². The van der Waals surface area contributed by atoms with Gasteiger partial charge >= 0.3 is 0 Å². The molecular formula is C97H122N6+6. The molecule has 0 spiro atoms. The van der Waals surface area contributed by atoms with Crippen molar-refractivity contribution in [1.29, 1.82) is 0 Å². The highest BCUT2D eigenvalue weighted by Crippen LogP contribution is 2.34. The zero-order valence-electron chi connectivity index (χ0n) is 68.9. The van der Waals surface area contributed by atoms with E-state index < -0.39 is 0 Å². The summed E-state index contributed by atoms with van der Waals surface area (Å²) in [5.41, 5.74) is 50.3. The fourth-order valence-corrected chi connectivity index (χ4v) is 14.6. The Bertz CT molecular complexity index is 4790. The second-order valence-corrected chi connectivity index (χ2v) is 29.3. The molecule has 0 unspecified atom stereocenters. The van der Waals surface area contributed by atoms with Gasteiger partial charge in [0.05, 0.1) is 16.7 Å². The van der Waals surface area contributed by atoms with Crippen LogP contribution >= 0.6 is 0 Å². The molecule has 6 heteroatoms. The number of nitrogens with zero attached hydrogens (tertiary/aromatic N) is 6. The highest BCUT2D eigenvalue weighted by atomic mass is 15.0. The molecule has 6 heterocycles. The van der Waals surface area contributed by atoms with Gasteiger partial charge in [0.15, 0.2) is 36.7 Å². The molecule has 0 aliphatic carbocycles. The van der Waals surface area contributed by atoms with Crippen molar-refractivity contribution < 1.29 is 27.4 Å². The number of aryl methyl sites for hydroxylation is 15. The number of pyridine rings is 6. The van der Waals surface area contributed by atoms with Crippen LogP contribution in [-0.2, 0) is 42.3 Å². The smallest absolute Gasteiger partial charge is 0.201 e. The molecule has 6 aromatic carbocycles. The summed E-state index contributed by atoms with van der Waals surface area (Å²) < 4.78 is 13.3. The van der Waals surface area contributed by atoms with E-state index in [1.54, 1.807) is 0 Å². The summed E-state index contributed by atoms with van der Waals surface area (Å²) in [6, 6.07) is 51.7. The Hall–Kier alpha value is -9.78. The van der Waals surface area contributed by atoms with Gasteiger partial charge in [-0.15, -0.1) is 0 Å². The van der Waals surface area contributed by atoms with E-state index in [9.17, 15) is 0 Å². The van der Waals surface area contributed by atoms with Gasteiger partial charge in [0.25, 0.3) is 0 Å². The Balaban J connectivity index is 0.000000173. The third-order valence-electron chi connectivity index (χ3n) is 22.7. The molecule has 6 aromatic heterocycles. The van der Waals surface area contributed by atoms with Gasteiger partial charge in [-0.3, -0.25) is 0 Å². The minimum absolute atomic E-state index is 1.27. The first-order valence-electron chi connectivity index (χ1n) is 36.7. The van der Waals surface area contributed by atoms with Crippen LogP contribution in [0.4, 0.5) is 0 Å². The van der Waals surface area contributed by atoms with Gasteiger partial charge in [0.1, 0.15) is 42.3 Å². The summed E-state index contributed by atoms with van der Waals surface area (Å²) in [5, 5.41) is 0. The topological polar surface area (TPSA) is 23.3 Å². The van der Waals surface area contributed by atoms with E-state index in [1.807, 2.05) is 0 Å². The highest BCUT2D eigenvalue weighted by Gasteiger charge is 2.25. The largest absolute Gasteiger partial charge is 0.215 e. The van der Waals surface area contributed by atoms with Crippen molar-refractivity contribution in [2.45, 2.75) is 173 Å². The predicted molar refractivity (Wildman–Crippen MR) is 437 cm³/mol. The Morgan fingerprint density at radius 3 is 0.913 bits per heavy atom. The first-order chi connectivity index (χ1) is 48.5. The summed E-state index contributed by atoms with van der Waals surface area (Å²) in [6.45, 7) is 55.0. The van der Waals surface area contributed by atoms with E-state index in [0.29, 0.717) is 0 Å². The van der Waals surface area contributed by atoms with Crippen molar-refractivity contribution in [3.05, 3.63) is 316 Å². The third kappa shape index (κ3) is 18.0. The van der Waals surface area contributed by atoms with Crippen LogP contribution in [0.15, 0.2) is 177 Å². The zero-order valence-corrected chi connectivity index (χ0v) is 68.9. The molecule has 0 atom stereocenters. The molecular weight excluding hydrogens is 1250 g/mol. The number of benzene rings is 6. The Kier molecular flexibility index (Phi) is 27.3. The minimum atomic E-state index is 1.27. The van der Waals surface area contributed by atoms with Crippen LogP contribution in [0.1, 0.15) is 139 Å². The lowest BCUT2D eigenvalue weighted by atomic mass is 9.92. The van der Waals surface area contributed by atoms with Crippen LogP contribution in [-0.4, -0.2) is 0 Å². The lowest BCUT2D eigenvalue weighted by Crippen LogP contribution is -2.37. The fourth-order valence-electron chi connectivity index (χ4n) is 14.6. The molecule has 0 N–H and O–H groups in total. The van der Waals surface area contributed by atoms with E-state index in [0.717, 1.165) is 0 Å². The van der Waals surface area contributed by atoms with Gasteiger partial charge in [-0.05, 0) is 320 Å². The van der Waals surface area contributed by atoms with E-state index in [2.05, 4.69) is 419 Å². The van der Waals surface area contributed by atoms with E-state index in [-0.39, 0.29) is 0 Å². The van der Waals surface area contributed by atoms with Gasteiger partial charge in [-0.2, -0.15) is 4.57 Å². The lowest BCUT2D eigenvalue weighted by Gasteiger charge is -2.13.